The van der Waals surface area contributed by atoms with Crippen LogP contribution in [0.15, 0.2) is 24.3 Å². The number of methoxy groups -OCH3 is 1. The molecule has 84 valence electrons. The average molecular weight is 208 g/mol. The van der Waals surface area contributed by atoms with Crippen LogP contribution in [0.3, 0.4) is 0 Å². The van der Waals surface area contributed by atoms with Crippen molar-refractivity contribution in [3.8, 4) is 0 Å². The molecule has 0 saturated heterocycles. The summed E-state index contributed by atoms with van der Waals surface area (Å²) < 4.78 is 4.99. The molecule has 3 heteroatoms. The number of unbranched alkanes of at least 4 members (excludes halogenated alkanes) is 2. The SMILES string of the molecule is COCCCCCNc1ccccc1N. The zero-order chi connectivity index (χ0) is 10.9. The Hall–Kier alpha value is -1.22. The molecule has 0 aliphatic rings. The number of ether oxygens (including phenoxy) is 1. The summed E-state index contributed by atoms with van der Waals surface area (Å²) in [4.78, 5) is 0. The van der Waals surface area contributed by atoms with Crippen LogP contribution in [0.2, 0.25) is 0 Å². The molecule has 0 fully saturated rings. The van der Waals surface area contributed by atoms with Crippen molar-refractivity contribution in [2.75, 3.05) is 31.3 Å². The van der Waals surface area contributed by atoms with E-state index in [1.54, 1.807) is 7.11 Å². The molecule has 0 radical (unpaired) electrons. The Kier molecular flexibility index (Phi) is 5.63. The summed E-state index contributed by atoms with van der Waals surface area (Å²) >= 11 is 0. The molecular formula is C12H20N2O. The summed E-state index contributed by atoms with van der Waals surface area (Å²) in [5.74, 6) is 0. The Bertz CT molecular complexity index is 276. The van der Waals surface area contributed by atoms with Gasteiger partial charge in [-0.25, -0.2) is 0 Å². The first-order chi connectivity index (χ1) is 7.34. The van der Waals surface area contributed by atoms with Gasteiger partial charge in [0.15, 0.2) is 0 Å². The van der Waals surface area contributed by atoms with Crippen LogP contribution < -0.4 is 11.1 Å². The average Bonchev–Trinajstić information content (AvgIpc) is 2.25. The van der Waals surface area contributed by atoms with E-state index < -0.39 is 0 Å². The predicted molar refractivity (Wildman–Crippen MR) is 65.1 cm³/mol. The molecule has 15 heavy (non-hydrogen) atoms. The molecular weight excluding hydrogens is 188 g/mol. The summed E-state index contributed by atoms with van der Waals surface area (Å²) in [5, 5.41) is 3.32. The highest BCUT2D eigenvalue weighted by Crippen LogP contribution is 2.16. The Morgan fingerprint density at radius 1 is 1.20 bits per heavy atom. The predicted octanol–water partition coefficient (Wildman–Crippen LogP) is 2.50. The minimum Gasteiger partial charge on any atom is -0.397 e. The van der Waals surface area contributed by atoms with Gasteiger partial charge in [-0.2, -0.15) is 0 Å². The van der Waals surface area contributed by atoms with Gasteiger partial charge in [-0.15, -0.1) is 0 Å². The maximum absolute atomic E-state index is 5.80. The van der Waals surface area contributed by atoms with Crippen LogP contribution in [-0.4, -0.2) is 20.3 Å². The Labute approximate surface area is 91.6 Å². The third-order valence-electron chi connectivity index (χ3n) is 2.30. The Morgan fingerprint density at radius 3 is 2.73 bits per heavy atom. The molecule has 0 atom stereocenters. The number of benzene rings is 1. The molecule has 0 heterocycles. The van der Waals surface area contributed by atoms with E-state index >= 15 is 0 Å². The standard InChI is InChI=1S/C12H20N2O/c1-15-10-6-2-5-9-14-12-8-4-3-7-11(12)13/h3-4,7-8,14H,2,5-6,9-10,13H2,1H3. The number of para-hydroxylation sites is 2. The molecule has 0 aromatic heterocycles. The number of hydrogen-bond donors (Lipinski definition) is 2. The fourth-order valence-electron chi connectivity index (χ4n) is 1.43. The van der Waals surface area contributed by atoms with E-state index in [9.17, 15) is 0 Å². The molecule has 0 unspecified atom stereocenters. The fraction of sp³-hybridized carbons (Fsp3) is 0.500. The molecule has 0 saturated carbocycles. The zero-order valence-corrected chi connectivity index (χ0v) is 9.33. The van der Waals surface area contributed by atoms with Crippen molar-refractivity contribution in [3.63, 3.8) is 0 Å². The summed E-state index contributed by atoms with van der Waals surface area (Å²) in [6.45, 7) is 1.82. The van der Waals surface area contributed by atoms with Crippen molar-refractivity contribution in [1.82, 2.24) is 0 Å². The first-order valence-electron chi connectivity index (χ1n) is 5.42. The van der Waals surface area contributed by atoms with Gasteiger partial charge in [-0.1, -0.05) is 12.1 Å². The second-order valence-electron chi connectivity index (χ2n) is 3.57. The number of hydrogen-bond acceptors (Lipinski definition) is 3. The minimum absolute atomic E-state index is 0.814. The van der Waals surface area contributed by atoms with E-state index in [0.29, 0.717) is 0 Å². The van der Waals surface area contributed by atoms with Crippen molar-refractivity contribution >= 4 is 11.4 Å². The molecule has 0 bridgehead atoms. The quantitative estimate of drug-likeness (QED) is 0.534. The van der Waals surface area contributed by atoms with Gasteiger partial charge < -0.3 is 15.8 Å². The molecule has 3 nitrogen and oxygen atoms in total. The molecule has 0 spiro atoms. The van der Waals surface area contributed by atoms with Gasteiger partial charge in [0.1, 0.15) is 0 Å². The maximum atomic E-state index is 5.80. The van der Waals surface area contributed by atoms with Gasteiger partial charge in [0.25, 0.3) is 0 Å². The molecule has 1 rings (SSSR count). The summed E-state index contributed by atoms with van der Waals surface area (Å²) in [6.07, 6.45) is 3.47. The monoisotopic (exact) mass is 208 g/mol. The lowest BCUT2D eigenvalue weighted by Crippen LogP contribution is -2.04. The number of nitrogens with one attached hydrogen (secondary N) is 1. The van der Waals surface area contributed by atoms with Crippen molar-refractivity contribution in [3.05, 3.63) is 24.3 Å². The third-order valence-corrected chi connectivity index (χ3v) is 2.30. The van der Waals surface area contributed by atoms with Crippen LogP contribution in [0.5, 0.6) is 0 Å². The largest absolute Gasteiger partial charge is 0.397 e. The van der Waals surface area contributed by atoms with Crippen molar-refractivity contribution in [2.45, 2.75) is 19.3 Å². The molecule has 1 aromatic rings. The van der Waals surface area contributed by atoms with Gasteiger partial charge in [-0.3, -0.25) is 0 Å². The van der Waals surface area contributed by atoms with Crippen LogP contribution in [-0.2, 0) is 4.74 Å². The highest BCUT2D eigenvalue weighted by Gasteiger charge is 1.95. The van der Waals surface area contributed by atoms with Gasteiger partial charge in [-0.05, 0) is 31.4 Å². The van der Waals surface area contributed by atoms with Gasteiger partial charge in [0.2, 0.25) is 0 Å². The van der Waals surface area contributed by atoms with Gasteiger partial charge >= 0.3 is 0 Å². The van der Waals surface area contributed by atoms with E-state index in [-0.39, 0.29) is 0 Å². The maximum Gasteiger partial charge on any atom is 0.0573 e. The van der Waals surface area contributed by atoms with Crippen molar-refractivity contribution in [1.29, 1.82) is 0 Å². The van der Waals surface area contributed by atoms with Crippen LogP contribution in [0.25, 0.3) is 0 Å². The lowest BCUT2D eigenvalue weighted by Gasteiger charge is -2.08. The second kappa shape index (κ2) is 7.12. The normalized spacial score (nSPS) is 10.2. The lowest BCUT2D eigenvalue weighted by atomic mass is 10.2. The molecule has 0 aliphatic carbocycles. The van der Waals surface area contributed by atoms with Crippen LogP contribution in [0.1, 0.15) is 19.3 Å². The summed E-state index contributed by atoms with van der Waals surface area (Å²) in [6, 6.07) is 7.85. The van der Waals surface area contributed by atoms with Crippen LogP contribution in [0.4, 0.5) is 11.4 Å². The Morgan fingerprint density at radius 2 is 2.00 bits per heavy atom. The first kappa shape index (κ1) is 11.9. The van der Waals surface area contributed by atoms with E-state index in [1.807, 2.05) is 24.3 Å². The van der Waals surface area contributed by atoms with Crippen molar-refractivity contribution in [2.24, 2.45) is 0 Å². The molecule has 0 amide bonds. The topological polar surface area (TPSA) is 47.3 Å². The third kappa shape index (κ3) is 4.70. The zero-order valence-electron chi connectivity index (χ0n) is 9.33. The summed E-state index contributed by atoms with van der Waals surface area (Å²) in [5.41, 5.74) is 7.65. The number of anilines is 2. The van der Waals surface area contributed by atoms with E-state index in [4.69, 9.17) is 10.5 Å². The number of rotatable bonds is 7. The highest BCUT2D eigenvalue weighted by atomic mass is 16.5. The molecule has 0 aliphatic heterocycles. The first-order valence-corrected chi connectivity index (χ1v) is 5.42. The van der Waals surface area contributed by atoms with Gasteiger partial charge in [0.05, 0.1) is 11.4 Å². The lowest BCUT2D eigenvalue weighted by molar-refractivity contribution is 0.192. The Balaban J connectivity index is 2.12. The van der Waals surface area contributed by atoms with Gasteiger partial charge in [0, 0.05) is 20.3 Å². The smallest absolute Gasteiger partial charge is 0.0573 e. The molecule has 1 aromatic carbocycles. The molecule has 3 N–H and O–H groups in total. The highest BCUT2D eigenvalue weighted by molar-refractivity contribution is 5.65. The minimum atomic E-state index is 0.814. The van der Waals surface area contributed by atoms with E-state index in [2.05, 4.69) is 5.32 Å². The fourth-order valence-corrected chi connectivity index (χ4v) is 1.43. The van der Waals surface area contributed by atoms with E-state index in [1.165, 1.54) is 6.42 Å². The summed E-state index contributed by atoms with van der Waals surface area (Å²) in [7, 11) is 1.74. The van der Waals surface area contributed by atoms with Crippen LogP contribution in [0, 0.1) is 0 Å². The second-order valence-corrected chi connectivity index (χ2v) is 3.57. The van der Waals surface area contributed by atoms with Crippen LogP contribution >= 0.6 is 0 Å². The van der Waals surface area contributed by atoms with E-state index in [0.717, 1.165) is 37.4 Å². The van der Waals surface area contributed by atoms with Crippen molar-refractivity contribution < 1.29 is 4.74 Å². The number of nitrogen functional groups attached to an aromatic ring is 1. The number of nitrogens with two attached hydrogens (primary N) is 1.